The first kappa shape index (κ1) is 10.9. The molecule has 0 N–H and O–H groups in total. The summed E-state index contributed by atoms with van der Waals surface area (Å²) >= 11 is 0. The van der Waals surface area contributed by atoms with Gasteiger partial charge in [-0.15, -0.1) is 9.89 Å². The highest BCUT2D eigenvalue weighted by Gasteiger charge is 2.05. The second kappa shape index (κ2) is 4.31. The van der Waals surface area contributed by atoms with E-state index in [4.69, 9.17) is 4.42 Å². The smallest absolute Gasteiger partial charge is 0.139 e. The zero-order valence-corrected chi connectivity index (χ0v) is 10.5. The Hall–Kier alpha value is -2.95. The molecule has 0 radical (unpaired) electrons. The van der Waals surface area contributed by atoms with Gasteiger partial charge >= 0.3 is 0 Å². The minimum absolute atomic E-state index is 0.879. The lowest BCUT2D eigenvalue weighted by Gasteiger charge is -1.94. The maximum absolute atomic E-state index is 5.79. The van der Waals surface area contributed by atoms with Gasteiger partial charge in [0, 0.05) is 10.8 Å². The number of para-hydroxylation sites is 1. The lowest BCUT2D eigenvalue weighted by molar-refractivity contribution is 0.669. The third-order valence-electron chi connectivity index (χ3n) is 3.13. The van der Waals surface area contributed by atoms with Crippen LogP contribution in [0.3, 0.4) is 0 Å². The molecule has 0 fully saturated rings. The van der Waals surface area contributed by atoms with Crippen LogP contribution in [0.5, 0.6) is 0 Å². The normalized spacial score (nSPS) is 11.8. The molecule has 0 unspecified atom stereocenters. The first-order valence-corrected chi connectivity index (χ1v) is 6.20. The zero-order chi connectivity index (χ0) is 13.4. The van der Waals surface area contributed by atoms with Crippen LogP contribution in [-0.4, -0.2) is 21.1 Å². The molecule has 4 aromatic rings. The molecule has 5 heteroatoms. The molecule has 0 spiro atoms. The molecule has 2 heterocycles. The van der Waals surface area contributed by atoms with Crippen LogP contribution in [0, 0.1) is 0 Å². The second-order valence-corrected chi connectivity index (χ2v) is 4.41. The Morgan fingerprint density at radius 2 is 1.95 bits per heavy atom. The highest BCUT2D eigenvalue weighted by Crippen LogP contribution is 2.28. The van der Waals surface area contributed by atoms with E-state index in [0.29, 0.717) is 0 Å². The number of rotatable bonds is 2. The maximum Gasteiger partial charge on any atom is 0.139 e. The van der Waals surface area contributed by atoms with Crippen LogP contribution in [0.1, 0.15) is 5.56 Å². The van der Waals surface area contributed by atoms with Gasteiger partial charge in [0.25, 0.3) is 0 Å². The van der Waals surface area contributed by atoms with Gasteiger partial charge in [-0.2, -0.15) is 5.10 Å². The fraction of sp³-hybridized carbons (Fsp3) is 0. The standard InChI is InChI=1S/C15H10N4O/c1-2-4-14-12(3-1)13-7-11(5-6-15(13)20-14)8-17-19-10-16-9-18-19/h1-10H/b17-8-. The van der Waals surface area contributed by atoms with Gasteiger partial charge in [0.1, 0.15) is 23.8 Å². The van der Waals surface area contributed by atoms with Crippen molar-refractivity contribution in [1.82, 2.24) is 14.9 Å². The van der Waals surface area contributed by atoms with Crippen LogP contribution >= 0.6 is 0 Å². The van der Waals surface area contributed by atoms with Gasteiger partial charge in [-0.3, -0.25) is 0 Å². The molecule has 96 valence electrons. The maximum atomic E-state index is 5.79. The van der Waals surface area contributed by atoms with Crippen LogP contribution in [-0.2, 0) is 0 Å². The van der Waals surface area contributed by atoms with E-state index in [1.807, 2.05) is 30.3 Å². The van der Waals surface area contributed by atoms with Gasteiger partial charge < -0.3 is 4.42 Å². The van der Waals surface area contributed by atoms with Crippen LogP contribution < -0.4 is 0 Å². The highest BCUT2D eigenvalue weighted by molar-refractivity contribution is 6.06. The van der Waals surface area contributed by atoms with E-state index in [0.717, 1.165) is 27.5 Å². The van der Waals surface area contributed by atoms with Crippen LogP contribution in [0.4, 0.5) is 0 Å². The summed E-state index contributed by atoms with van der Waals surface area (Å²) < 4.78 is 5.79. The van der Waals surface area contributed by atoms with Crippen LogP contribution in [0.25, 0.3) is 21.9 Å². The number of benzene rings is 2. The van der Waals surface area contributed by atoms with Gasteiger partial charge in [-0.1, -0.05) is 18.2 Å². The third-order valence-corrected chi connectivity index (χ3v) is 3.13. The fourth-order valence-electron chi connectivity index (χ4n) is 2.21. The average Bonchev–Trinajstić information content (AvgIpc) is 3.12. The number of nitrogens with zero attached hydrogens (tertiary/aromatic N) is 4. The van der Waals surface area contributed by atoms with Crippen molar-refractivity contribution in [2.24, 2.45) is 5.10 Å². The molecule has 5 nitrogen and oxygen atoms in total. The van der Waals surface area contributed by atoms with Crippen molar-refractivity contribution in [2.45, 2.75) is 0 Å². The van der Waals surface area contributed by atoms with Crippen molar-refractivity contribution in [1.29, 1.82) is 0 Å². The third kappa shape index (κ3) is 1.76. The number of hydrogen-bond donors (Lipinski definition) is 0. The Balaban J connectivity index is 1.83. The minimum atomic E-state index is 0.879. The molecule has 20 heavy (non-hydrogen) atoms. The Labute approximate surface area is 114 Å². The van der Waals surface area contributed by atoms with Crippen molar-refractivity contribution in [3.8, 4) is 0 Å². The Morgan fingerprint density at radius 3 is 2.85 bits per heavy atom. The predicted octanol–water partition coefficient (Wildman–Crippen LogP) is 3.06. The van der Waals surface area contributed by atoms with Crippen molar-refractivity contribution in [3.05, 3.63) is 60.7 Å². The summed E-state index contributed by atoms with van der Waals surface area (Å²) in [5, 5.41) is 10.3. The van der Waals surface area contributed by atoms with Crippen molar-refractivity contribution < 1.29 is 4.42 Å². The zero-order valence-electron chi connectivity index (χ0n) is 10.5. The summed E-state index contributed by atoms with van der Waals surface area (Å²) in [4.78, 5) is 5.25. The van der Waals surface area contributed by atoms with Crippen LogP contribution in [0.15, 0.2) is 64.6 Å². The minimum Gasteiger partial charge on any atom is -0.456 e. The number of furan rings is 1. The largest absolute Gasteiger partial charge is 0.456 e. The molecule has 4 rings (SSSR count). The molecule has 0 atom stereocenters. The van der Waals surface area contributed by atoms with E-state index in [9.17, 15) is 0 Å². The Morgan fingerprint density at radius 1 is 1.05 bits per heavy atom. The van der Waals surface area contributed by atoms with E-state index in [2.05, 4.69) is 27.3 Å². The fourth-order valence-corrected chi connectivity index (χ4v) is 2.21. The summed E-state index contributed by atoms with van der Waals surface area (Å²) in [6, 6.07) is 14.0. The van der Waals surface area contributed by atoms with Gasteiger partial charge in [0.05, 0.1) is 6.21 Å². The van der Waals surface area contributed by atoms with Crippen molar-refractivity contribution in [3.63, 3.8) is 0 Å². The lowest BCUT2D eigenvalue weighted by Crippen LogP contribution is -1.90. The molecule has 0 aliphatic heterocycles. The average molecular weight is 262 g/mol. The van der Waals surface area contributed by atoms with E-state index >= 15 is 0 Å². The lowest BCUT2D eigenvalue weighted by atomic mass is 10.1. The number of hydrogen-bond acceptors (Lipinski definition) is 4. The molecule has 0 saturated carbocycles. The molecule has 0 saturated heterocycles. The number of fused-ring (bicyclic) bond motifs is 3. The highest BCUT2D eigenvalue weighted by atomic mass is 16.3. The summed E-state index contributed by atoms with van der Waals surface area (Å²) in [6.07, 6.45) is 4.74. The predicted molar refractivity (Wildman–Crippen MR) is 76.7 cm³/mol. The molecule has 2 aromatic carbocycles. The first-order chi connectivity index (χ1) is 9.90. The molecule has 2 aromatic heterocycles. The van der Waals surface area contributed by atoms with Crippen molar-refractivity contribution in [2.75, 3.05) is 0 Å². The van der Waals surface area contributed by atoms with Crippen LogP contribution in [0.2, 0.25) is 0 Å². The number of aromatic nitrogens is 3. The van der Waals surface area contributed by atoms with E-state index in [1.54, 1.807) is 12.5 Å². The summed E-state index contributed by atoms with van der Waals surface area (Å²) in [7, 11) is 0. The molecule has 0 amide bonds. The second-order valence-electron chi connectivity index (χ2n) is 4.41. The van der Waals surface area contributed by atoms with Gasteiger partial charge in [0.2, 0.25) is 0 Å². The molecule has 0 bridgehead atoms. The van der Waals surface area contributed by atoms with E-state index < -0.39 is 0 Å². The summed E-state index contributed by atoms with van der Waals surface area (Å²) in [5.41, 5.74) is 2.76. The van der Waals surface area contributed by atoms with E-state index in [-0.39, 0.29) is 0 Å². The van der Waals surface area contributed by atoms with Crippen molar-refractivity contribution >= 4 is 28.2 Å². The topological polar surface area (TPSA) is 56.2 Å². The van der Waals surface area contributed by atoms with E-state index in [1.165, 1.54) is 11.1 Å². The Bertz CT molecular complexity index is 906. The Kier molecular flexibility index (Phi) is 2.35. The molecule has 0 aliphatic carbocycles. The molecule has 0 aliphatic rings. The monoisotopic (exact) mass is 262 g/mol. The summed E-state index contributed by atoms with van der Waals surface area (Å²) in [5.74, 6) is 0. The molecular formula is C15H10N4O. The summed E-state index contributed by atoms with van der Waals surface area (Å²) in [6.45, 7) is 0. The van der Waals surface area contributed by atoms with Gasteiger partial charge in [0.15, 0.2) is 0 Å². The quantitative estimate of drug-likeness (QED) is 0.522. The van der Waals surface area contributed by atoms with Gasteiger partial charge in [-0.05, 0) is 29.8 Å². The first-order valence-electron chi connectivity index (χ1n) is 6.20. The molecular weight excluding hydrogens is 252 g/mol. The van der Waals surface area contributed by atoms with Gasteiger partial charge in [-0.25, -0.2) is 4.98 Å². The SMILES string of the molecule is C(=N/n1cncn1)/c1ccc2oc3ccccc3c2c1.